The van der Waals surface area contributed by atoms with Crippen LogP contribution in [0.15, 0.2) is 24.3 Å². The summed E-state index contributed by atoms with van der Waals surface area (Å²) in [4.78, 5) is 2.37. The van der Waals surface area contributed by atoms with E-state index in [1.54, 1.807) is 0 Å². The van der Waals surface area contributed by atoms with E-state index < -0.39 is 0 Å². The van der Waals surface area contributed by atoms with Crippen molar-refractivity contribution in [1.82, 2.24) is 4.90 Å². The Morgan fingerprint density at radius 1 is 1.28 bits per heavy atom. The molecule has 0 amide bonds. The highest BCUT2D eigenvalue weighted by Gasteiger charge is 2.23. The normalized spacial score (nSPS) is 17.8. The summed E-state index contributed by atoms with van der Waals surface area (Å²) in [6.45, 7) is 2.14. The molecule has 1 aromatic carbocycles. The predicted octanol–water partition coefficient (Wildman–Crippen LogP) is 3.33. The van der Waals surface area contributed by atoms with Crippen molar-refractivity contribution in [3.05, 3.63) is 29.8 Å². The minimum atomic E-state index is 0.320. The molecule has 2 nitrogen and oxygen atoms in total. The topological polar surface area (TPSA) is 12.5 Å². The number of benzene rings is 1. The first-order valence-electron chi connectivity index (χ1n) is 6.78. The van der Waals surface area contributed by atoms with Crippen LogP contribution in [-0.2, 0) is 6.42 Å². The number of ether oxygens (including phenoxy) is 1. The molecule has 1 aliphatic rings. The summed E-state index contributed by atoms with van der Waals surface area (Å²) in [6.07, 6.45) is 4.94. The molecule has 3 heteroatoms. The Morgan fingerprint density at radius 2 is 2.11 bits per heavy atom. The molecule has 0 N–H and O–H groups in total. The molecule has 1 unspecified atom stereocenters. The van der Waals surface area contributed by atoms with Gasteiger partial charge in [0.15, 0.2) is 0 Å². The number of fused-ring (bicyclic) bond motifs is 1. The molecule has 1 aromatic rings. The highest BCUT2D eigenvalue weighted by molar-refractivity contribution is 6.17. The first-order valence-corrected chi connectivity index (χ1v) is 7.32. The zero-order chi connectivity index (χ0) is 12.8. The molecule has 0 aliphatic carbocycles. The van der Waals surface area contributed by atoms with Crippen LogP contribution in [0.2, 0.25) is 0 Å². The molecular formula is C15H22ClNO. The van der Waals surface area contributed by atoms with Gasteiger partial charge in [0.1, 0.15) is 11.9 Å². The third kappa shape index (κ3) is 3.89. The lowest BCUT2D eigenvalue weighted by Gasteiger charge is -2.20. The van der Waals surface area contributed by atoms with Gasteiger partial charge < -0.3 is 9.64 Å². The maximum atomic E-state index is 5.94. The number of rotatable bonds is 7. The molecule has 2 rings (SSSR count). The zero-order valence-electron chi connectivity index (χ0n) is 11.1. The first kappa shape index (κ1) is 13.7. The van der Waals surface area contributed by atoms with E-state index >= 15 is 0 Å². The Bertz CT molecular complexity index is 344. The molecule has 0 aromatic heterocycles. The van der Waals surface area contributed by atoms with Crippen molar-refractivity contribution in [3.63, 3.8) is 0 Å². The van der Waals surface area contributed by atoms with E-state index in [9.17, 15) is 0 Å². The van der Waals surface area contributed by atoms with E-state index in [0.717, 1.165) is 37.6 Å². The molecule has 0 spiro atoms. The van der Waals surface area contributed by atoms with E-state index in [1.165, 1.54) is 18.4 Å². The quantitative estimate of drug-likeness (QED) is 0.555. The van der Waals surface area contributed by atoms with Gasteiger partial charge in [0, 0.05) is 18.8 Å². The fraction of sp³-hybridized carbons (Fsp3) is 0.600. The van der Waals surface area contributed by atoms with Gasteiger partial charge in [-0.3, -0.25) is 0 Å². The Hall–Kier alpha value is -0.730. The van der Waals surface area contributed by atoms with Gasteiger partial charge in [0.2, 0.25) is 0 Å². The molecule has 0 fully saturated rings. The fourth-order valence-electron chi connectivity index (χ4n) is 2.45. The number of likely N-dealkylation sites (N-methyl/N-ethyl adjacent to an activating group) is 1. The van der Waals surface area contributed by atoms with Crippen LogP contribution < -0.4 is 4.74 Å². The van der Waals surface area contributed by atoms with Gasteiger partial charge in [0.05, 0.1) is 0 Å². The largest absolute Gasteiger partial charge is 0.488 e. The van der Waals surface area contributed by atoms with E-state index in [1.807, 2.05) is 6.07 Å². The summed E-state index contributed by atoms with van der Waals surface area (Å²) < 4.78 is 5.94. The van der Waals surface area contributed by atoms with Gasteiger partial charge in [-0.25, -0.2) is 0 Å². The van der Waals surface area contributed by atoms with Crippen molar-refractivity contribution in [1.29, 1.82) is 0 Å². The molecular weight excluding hydrogens is 246 g/mol. The highest BCUT2D eigenvalue weighted by atomic mass is 35.5. The van der Waals surface area contributed by atoms with Crippen molar-refractivity contribution >= 4 is 11.6 Å². The van der Waals surface area contributed by atoms with E-state index in [4.69, 9.17) is 16.3 Å². The number of hydrogen-bond acceptors (Lipinski definition) is 2. The lowest BCUT2D eigenvalue weighted by molar-refractivity contribution is 0.167. The Balaban J connectivity index is 1.69. The first-order chi connectivity index (χ1) is 8.79. The van der Waals surface area contributed by atoms with E-state index in [0.29, 0.717) is 6.10 Å². The molecule has 18 heavy (non-hydrogen) atoms. The molecule has 1 heterocycles. The number of para-hydroxylation sites is 1. The Morgan fingerprint density at radius 3 is 2.89 bits per heavy atom. The minimum absolute atomic E-state index is 0.320. The third-order valence-electron chi connectivity index (χ3n) is 3.40. The van der Waals surface area contributed by atoms with Crippen molar-refractivity contribution in [3.8, 4) is 5.75 Å². The van der Waals surface area contributed by atoms with Gasteiger partial charge in [0.25, 0.3) is 0 Å². The second-order valence-corrected chi connectivity index (χ2v) is 5.44. The van der Waals surface area contributed by atoms with Gasteiger partial charge in [-0.1, -0.05) is 24.6 Å². The van der Waals surface area contributed by atoms with Gasteiger partial charge in [-0.05, 0) is 38.1 Å². The number of hydrogen-bond donors (Lipinski definition) is 0. The molecule has 1 aliphatic heterocycles. The Labute approximate surface area is 115 Å². The molecule has 0 bridgehead atoms. The lowest BCUT2D eigenvalue weighted by atomic mass is 10.1. The second kappa shape index (κ2) is 7.01. The smallest absolute Gasteiger partial charge is 0.123 e. The molecule has 1 atom stereocenters. The third-order valence-corrected chi connectivity index (χ3v) is 3.67. The van der Waals surface area contributed by atoms with Crippen LogP contribution in [0.5, 0.6) is 5.75 Å². The van der Waals surface area contributed by atoms with Gasteiger partial charge in [-0.15, -0.1) is 11.6 Å². The van der Waals surface area contributed by atoms with Crippen molar-refractivity contribution in [2.24, 2.45) is 0 Å². The average molecular weight is 268 g/mol. The second-order valence-electron chi connectivity index (χ2n) is 5.06. The summed E-state index contributed by atoms with van der Waals surface area (Å²) in [5.74, 6) is 1.85. The molecule has 0 saturated heterocycles. The summed E-state index contributed by atoms with van der Waals surface area (Å²) in [5.41, 5.74) is 1.35. The van der Waals surface area contributed by atoms with Gasteiger partial charge in [-0.2, -0.15) is 0 Å². The van der Waals surface area contributed by atoms with Crippen LogP contribution in [-0.4, -0.2) is 37.0 Å². The summed E-state index contributed by atoms with van der Waals surface area (Å²) in [5, 5.41) is 0. The van der Waals surface area contributed by atoms with Crippen molar-refractivity contribution < 1.29 is 4.74 Å². The van der Waals surface area contributed by atoms with Crippen LogP contribution in [0.1, 0.15) is 24.8 Å². The number of halogens is 1. The highest BCUT2D eigenvalue weighted by Crippen LogP contribution is 2.28. The monoisotopic (exact) mass is 267 g/mol. The van der Waals surface area contributed by atoms with Gasteiger partial charge >= 0.3 is 0 Å². The van der Waals surface area contributed by atoms with Crippen LogP contribution in [0.3, 0.4) is 0 Å². The summed E-state index contributed by atoms with van der Waals surface area (Å²) in [6, 6.07) is 8.35. The molecule has 0 saturated carbocycles. The fourth-order valence-corrected chi connectivity index (χ4v) is 2.64. The van der Waals surface area contributed by atoms with E-state index in [-0.39, 0.29) is 0 Å². The van der Waals surface area contributed by atoms with Crippen molar-refractivity contribution in [2.45, 2.75) is 31.8 Å². The van der Waals surface area contributed by atoms with Crippen molar-refractivity contribution in [2.75, 3.05) is 26.0 Å². The number of unbranched alkanes of at least 4 members (excludes halogenated alkanes) is 2. The zero-order valence-corrected chi connectivity index (χ0v) is 11.8. The summed E-state index contributed by atoms with van der Waals surface area (Å²) >= 11 is 5.67. The Kier molecular flexibility index (Phi) is 5.33. The number of alkyl halides is 1. The summed E-state index contributed by atoms with van der Waals surface area (Å²) in [7, 11) is 2.17. The van der Waals surface area contributed by atoms with E-state index in [2.05, 4.69) is 30.1 Å². The number of nitrogens with zero attached hydrogens (tertiary/aromatic N) is 1. The minimum Gasteiger partial charge on any atom is -0.488 e. The maximum Gasteiger partial charge on any atom is 0.123 e. The molecule has 100 valence electrons. The predicted molar refractivity (Wildman–Crippen MR) is 76.6 cm³/mol. The van der Waals surface area contributed by atoms with Crippen LogP contribution in [0, 0.1) is 0 Å². The van der Waals surface area contributed by atoms with Crippen LogP contribution >= 0.6 is 11.6 Å². The SMILES string of the molecule is CN(CCCCCCl)CC1Cc2ccccc2O1. The molecule has 0 radical (unpaired) electrons. The lowest BCUT2D eigenvalue weighted by Crippen LogP contribution is -2.32. The van der Waals surface area contributed by atoms with Crippen LogP contribution in [0.25, 0.3) is 0 Å². The average Bonchev–Trinajstić information content (AvgIpc) is 2.76. The van der Waals surface area contributed by atoms with Crippen LogP contribution in [0.4, 0.5) is 0 Å². The standard InChI is InChI=1S/C15H22ClNO/c1-17(10-6-2-5-9-16)12-14-11-13-7-3-4-8-15(13)18-14/h3-4,7-8,14H,2,5-6,9-12H2,1H3. The maximum absolute atomic E-state index is 5.94.